The van der Waals surface area contributed by atoms with Crippen LogP contribution in [0.2, 0.25) is 0 Å². The molecule has 20 heavy (non-hydrogen) atoms. The average molecular weight is 279 g/mol. The summed E-state index contributed by atoms with van der Waals surface area (Å²) in [7, 11) is 1.45. The van der Waals surface area contributed by atoms with E-state index in [-0.39, 0.29) is 12.5 Å². The lowest BCUT2D eigenvalue weighted by Crippen LogP contribution is -2.42. The van der Waals surface area contributed by atoms with E-state index >= 15 is 0 Å². The standard InChI is InChI=1S/C15H21NO4/c1-10(2)12-5-7-13(8-6-12)20-9-14(17)16(4)11(3)15(18)19/h5-8,10-11H,9H2,1-4H3,(H,18,19). The number of rotatable bonds is 6. The van der Waals surface area contributed by atoms with Crippen LogP contribution >= 0.6 is 0 Å². The second-order valence-electron chi connectivity index (χ2n) is 5.03. The van der Waals surface area contributed by atoms with E-state index in [0.717, 1.165) is 4.90 Å². The molecule has 1 rings (SSSR count). The first kappa shape index (κ1) is 16.0. The summed E-state index contributed by atoms with van der Waals surface area (Å²) in [5.74, 6) is -0.373. The molecule has 0 aliphatic rings. The zero-order valence-electron chi connectivity index (χ0n) is 12.3. The van der Waals surface area contributed by atoms with E-state index in [1.165, 1.54) is 19.5 Å². The van der Waals surface area contributed by atoms with Crippen LogP contribution in [0.15, 0.2) is 24.3 Å². The van der Waals surface area contributed by atoms with Gasteiger partial charge >= 0.3 is 5.97 Å². The van der Waals surface area contributed by atoms with Crippen LogP contribution in [0.1, 0.15) is 32.3 Å². The number of hydrogen-bond acceptors (Lipinski definition) is 3. The highest BCUT2D eigenvalue weighted by Crippen LogP contribution is 2.18. The fraction of sp³-hybridized carbons (Fsp3) is 0.467. The van der Waals surface area contributed by atoms with E-state index in [0.29, 0.717) is 11.7 Å². The molecule has 1 N–H and O–H groups in total. The Morgan fingerprint density at radius 1 is 1.20 bits per heavy atom. The molecule has 0 radical (unpaired) electrons. The largest absolute Gasteiger partial charge is 0.484 e. The summed E-state index contributed by atoms with van der Waals surface area (Å²) in [6.45, 7) is 5.48. The molecule has 1 amide bonds. The highest BCUT2D eigenvalue weighted by Gasteiger charge is 2.21. The molecule has 0 saturated carbocycles. The highest BCUT2D eigenvalue weighted by atomic mass is 16.5. The quantitative estimate of drug-likeness (QED) is 0.866. The van der Waals surface area contributed by atoms with E-state index in [2.05, 4.69) is 13.8 Å². The summed E-state index contributed by atoms with van der Waals surface area (Å²) in [5.41, 5.74) is 1.19. The van der Waals surface area contributed by atoms with E-state index < -0.39 is 12.0 Å². The Morgan fingerprint density at radius 3 is 2.20 bits per heavy atom. The summed E-state index contributed by atoms with van der Waals surface area (Å²) in [6, 6.07) is 6.66. The van der Waals surface area contributed by atoms with Gasteiger partial charge in [-0.15, -0.1) is 0 Å². The predicted octanol–water partition coefficient (Wildman–Crippen LogP) is 2.12. The zero-order chi connectivity index (χ0) is 15.3. The maximum atomic E-state index is 11.8. The summed E-state index contributed by atoms with van der Waals surface area (Å²) in [5, 5.41) is 8.83. The van der Waals surface area contributed by atoms with Crippen molar-refractivity contribution >= 4 is 11.9 Å². The van der Waals surface area contributed by atoms with Gasteiger partial charge < -0.3 is 14.7 Å². The van der Waals surface area contributed by atoms with Gasteiger partial charge in [0.15, 0.2) is 6.61 Å². The Bertz CT molecular complexity index is 467. The monoisotopic (exact) mass is 279 g/mol. The van der Waals surface area contributed by atoms with Gasteiger partial charge in [-0.1, -0.05) is 26.0 Å². The fourth-order valence-corrected chi connectivity index (χ4v) is 1.58. The predicted molar refractivity (Wildman–Crippen MR) is 75.9 cm³/mol. The molecule has 110 valence electrons. The Morgan fingerprint density at radius 2 is 1.75 bits per heavy atom. The van der Waals surface area contributed by atoms with Crippen LogP contribution in [0.4, 0.5) is 0 Å². The van der Waals surface area contributed by atoms with Crippen LogP contribution in [0.25, 0.3) is 0 Å². The number of likely N-dealkylation sites (N-methyl/N-ethyl adjacent to an activating group) is 1. The van der Waals surface area contributed by atoms with Gasteiger partial charge in [0.25, 0.3) is 5.91 Å². The summed E-state index contributed by atoms with van der Waals surface area (Å²) >= 11 is 0. The van der Waals surface area contributed by atoms with Gasteiger partial charge in [0.1, 0.15) is 11.8 Å². The molecule has 1 aromatic carbocycles. The minimum Gasteiger partial charge on any atom is -0.484 e. The molecule has 1 aromatic rings. The lowest BCUT2D eigenvalue weighted by Gasteiger charge is -2.21. The average Bonchev–Trinajstić information content (AvgIpc) is 2.43. The number of aliphatic carboxylic acids is 1. The molecule has 0 heterocycles. The maximum Gasteiger partial charge on any atom is 0.326 e. The van der Waals surface area contributed by atoms with Crippen molar-refractivity contribution in [3.63, 3.8) is 0 Å². The summed E-state index contributed by atoms with van der Waals surface area (Å²) < 4.78 is 5.37. The van der Waals surface area contributed by atoms with Gasteiger partial charge in [0.2, 0.25) is 0 Å². The number of hydrogen-bond donors (Lipinski definition) is 1. The van der Waals surface area contributed by atoms with E-state index in [1.807, 2.05) is 24.3 Å². The van der Waals surface area contributed by atoms with Gasteiger partial charge in [-0.05, 0) is 30.5 Å². The van der Waals surface area contributed by atoms with E-state index in [1.54, 1.807) is 0 Å². The maximum absolute atomic E-state index is 11.8. The molecule has 0 aliphatic carbocycles. The first-order valence-electron chi connectivity index (χ1n) is 6.54. The van der Waals surface area contributed by atoms with Crippen molar-refractivity contribution in [2.75, 3.05) is 13.7 Å². The molecule has 1 atom stereocenters. The first-order chi connectivity index (χ1) is 9.32. The van der Waals surface area contributed by atoms with Crippen LogP contribution in [0.5, 0.6) is 5.75 Å². The van der Waals surface area contributed by atoms with Gasteiger partial charge in [0.05, 0.1) is 0 Å². The van der Waals surface area contributed by atoms with Crippen molar-refractivity contribution in [1.29, 1.82) is 0 Å². The van der Waals surface area contributed by atoms with Crippen molar-refractivity contribution in [1.82, 2.24) is 4.90 Å². The number of carbonyl (C=O) groups is 2. The van der Waals surface area contributed by atoms with Crippen LogP contribution in [-0.2, 0) is 9.59 Å². The van der Waals surface area contributed by atoms with Crippen LogP contribution in [0, 0.1) is 0 Å². The molecular formula is C15H21NO4. The number of benzene rings is 1. The number of carboxylic acid groups (broad SMARTS) is 1. The molecule has 0 aromatic heterocycles. The number of amides is 1. The third kappa shape index (κ3) is 4.26. The Kier molecular flexibility index (Phi) is 5.55. The second-order valence-corrected chi connectivity index (χ2v) is 5.03. The number of ether oxygens (including phenoxy) is 1. The topological polar surface area (TPSA) is 66.8 Å². The Balaban J connectivity index is 2.54. The summed E-state index contributed by atoms with van der Waals surface area (Å²) in [4.78, 5) is 23.7. The van der Waals surface area contributed by atoms with Crippen molar-refractivity contribution in [3.05, 3.63) is 29.8 Å². The van der Waals surface area contributed by atoms with Crippen molar-refractivity contribution < 1.29 is 19.4 Å². The Hall–Kier alpha value is -2.04. The lowest BCUT2D eigenvalue weighted by atomic mass is 10.0. The fourth-order valence-electron chi connectivity index (χ4n) is 1.58. The zero-order valence-corrected chi connectivity index (χ0v) is 12.3. The molecule has 0 saturated heterocycles. The van der Waals surface area contributed by atoms with Crippen LogP contribution in [-0.4, -0.2) is 41.6 Å². The molecule has 5 heteroatoms. The molecular weight excluding hydrogens is 258 g/mol. The smallest absolute Gasteiger partial charge is 0.326 e. The number of nitrogens with zero attached hydrogens (tertiary/aromatic N) is 1. The molecule has 5 nitrogen and oxygen atoms in total. The number of carboxylic acids is 1. The third-order valence-electron chi connectivity index (χ3n) is 3.24. The first-order valence-corrected chi connectivity index (χ1v) is 6.54. The highest BCUT2D eigenvalue weighted by molar-refractivity contribution is 5.84. The number of carbonyl (C=O) groups excluding carboxylic acids is 1. The minimum absolute atomic E-state index is 0.171. The SMILES string of the molecule is CC(C)c1ccc(OCC(=O)N(C)C(C)C(=O)O)cc1. The van der Waals surface area contributed by atoms with Crippen molar-refractivity contribution in [2.45, 2.75) is 32.7 Å². The second kappa shape index (κ2) is 6.93. The van der Waals surface area contributed by atoms with Gasteiger partial charge in [0, 0.05) is 7.05 Å². The van der Waals surface area contributed by atoms with E-state index in [9.17, 15) is 9.59 Å². The Labute approximate surface area is 119 Å². The van der Waals surface area contributed by atoms with Crippen LogP contribution in [0.3, 0.4) is 0 Å². The van der Waals surface area contributed by atoms with Crippen molar-refractivity contribution in [3.8, 4) is 5.75 Å². The normalized spacial score (nSPS) is 12.1. The third-order valence-corrected chi connectivity index (χ3v) is 3.24. The van der Waals surface area contributed by atoms with Crippen molar-refractivity contribution in [2.24, 2.45) is 0 Å². The van der Waals surface area contributed by atoms with Gasteiger partial charge in [-0.3, -0.25) is 4.79 Å². The van der Waals surface area contributed by atoms with Gasteiger partial charge in [-0.25, -0.2) is 4.79 Å². The molecule has 0 spiro atoms. The lowest BCUT2D eigenvalue weighted by molar-refractivity contribution is -0.148. The minimum atomic E-state index is -1.04. The molecule has 0 aliphatic heterocycles. The van der Waals surface area contributed by atoms with E-state index in [4.69, 9.17) is 9.84 Å². The molecule has 0 bridgehead atoms. The molecule has 1 unspecified atom stereocenters. The van der Waals surface area contributed by atoms with Gasteiger partial charge in [-0.2, -0.15) is 0 Å². The molecule has 0 fully saturated rings. The summed E-state index contributed by atoms with van der Waals surface area (Å²) in [6.07, 6.45) is 0. The van der Waals surface area contributed by atoms with Crippen LogP contribution < -0.4 is 4.74 Å².